The number of likely N-dealkylation sites (tertiary alicyclic amines) is 1. The Morgan fingerprint density at radius 1 is 1.14 bits per heavy atom. The van der Waals surface area contributed by atoms with Gasteiger partial charge in [0.1, 0.15) is 0 Å². The maximum atomic E-state index is 12.6. The first-order valence-electron chi connectivity index (χ1n) is 8.39. The van der Waals surface area contributed by atoms with Crippen molar-refractivity contribution in [1.29, 1.82) is 0 Å². The lowest BCUT2D eigenvalue weighted by atomic mass is 9.93. The fourth-order valence-corrected chi connectivity index (χ4v) is 3.64. The van der Waals surface area contributed by atoms with E-state index in [1.807, 2.05) is 11.9 Å². The number of piperidine rings is 1. The molecule has 0 aliphatic carbocycles. The van der Waals surface area contributed by atoms with Gasteiger partial charge in [0.15, 0.2) is 6.54 Å². The maximum Gasteiger partial charge on any atom is 0.359 e. The van der Waals surface area contributed by atoms with E-state index in [1.54, 1.807) is 0 Å². The molecule has 126 valence electrons. The number of quaternary nitrogens is 1. The summed E-state index contributed by atoms with van der Waals surface area (Å²) in [7, 11) is 1.98. The van der Waals surface area contributed by atoms with Gasteiger partial charge in [-0.15, -0.1) is 0 Å². The second-order valence-corrected chi connectivity index (χ2v) is 7.35. The molecule has 2 aliphatic heterocycles. The number of carbonyl (C=O) groups is 2. The molecular formula is C16H30N3O3+. The zero-order chi connectivity index (χ0) is 16.3. The first-order valence-corrected chi connectivity index (χ1v) is 8.39. The van der Waals surface area contributed by atoms with E-state index in [9.17, 15) is 9.59 Å². The van der Waals surface area contributed by atoms with Crippen LogP contribution in [0, 0.1) is 5.92 Å². The van der Waals surface area contributed by atoms with Crippen molar-refractivity contribution in [2.45, 2.75) is 32.7 Å². The Balaban J connectivity index is 1.82. The summed E-state index contributed by atoms with van der Waals surface area (Å²) in [6.45, 7) is 9.70. The molecule has 22 heavy (non-hydrogen) atoms. The van der Waals surface area contributed by atoms with Gasteiger partial charge in [0.25, 0.3) is 0 Å². The number of aliphatic carboxylic acids is 1. The van der Waals surface area contributed by atoms with Crippen LogP contribution in [0.1, 0.15) is 26.7 Å². The van der Waals surface area contributed by atoms with Crippen LogP contribution >= 0.6 is 0 Å². The Hall–Kier alpha value is -1.14. The zero-order valence-corrected chi connectivity index (χ0v) is 14.1. The molecule has 2 rings (SSSR count). The SMILES string of the molecule is CC(C)N1CCN(C(=O)C2CC[N+](C)(CC(=O)O)CC2)CC1. The van der Waals surface area contributed by atoms with Crippen LogP contribution in [-0.4, -0.2) is 90.2 Å². The van der Waals surface area contributed by atoms with E-state index in [2.05, 4.69) is 18.7 Å². The highest BCUT2D eigenvalue weighted by Gasteiger charge is 2.37. The summed E-state index contributed by atoms with van der Waals surface area (Å²) in [5.41, 5.74) is 0. The van der Waals surface area contributed by atoms with E-state index < -0.39 is 5.97 Å². The minimum atomic E-state index is -0.753. The molecule has 0 atom stereocenters. The minimum Gasteiger partial charge on any atom is -0.477 e. The van der Waals surface area contributed by atoms with Crippen molar-refractivity contribution in [2.24, 2.45) is 5.92 Å². The van der Waals surface area contributed by atoms with Crippen LogP contribution < -0.4 is 0 Å². The third kappa shape index (κ3) is 4.20. The van der Waals surface area contributed by atoms with E-state index in [1.165, 1.54) is 0 Å². The fourth-order valence-electron chi connectivity index (χ4n) is 3.64. The molecule has 0 aromatic rings. The van der Waals surface area contributed by atoms with Crippen LogP contribution in [-0.2, 0) is 9.59 Å². The van der Waals surface area contributed by atoms with Gasteiger partial charge < -0.3 is 14.5 Å². The fraction of sp³-hybridized carbons (Fsp3) is 0.875. The summed E-state index contributed by atoms with van der Waals surface area (Å²) in [4.78, 5) is 28.0. The lowest BCUT2D eigenvalue weighted by Crippen LogP contribution is -2.56. The van der Waals surface area contributed by atoms with Crippen molar-refractivity contribution in [1.82, 2.24) is 9.80 Å². The molecule has 1 amide bonds. The molecule has 0 aromatic carbocycles. The van der Waals surface area contributed by atoms with Crippen LogP contribution in [0.15, 0.2) is 0 Å². The van der Waals surface area contributed by atoms with Crippen LogP contribution in [0.2, 0.25) is 0 Å². The quantitative estimate of drug-likeness (QED) is 0.767. The third-order valence-corrected chi connectivity index (χ3v) is 5.26. The third-order valence-electron chi connectivity index (χ3n) is 5.26. The summed E-state index contributed by atoms with van der Waals surface area (Å²) < 4.78 is 0.556. The molecule has 6 heteroatoms. The zero-order valence-electron chi connectivity index (χ0n) is 14.1. The largest absolute Gasteiger partial charge is 0.477 e. The number of carbonyl (C=O) groups excluding carboxylic acids is 1. The van der Waals surface area contributed by atoms with Gasteiger partial charge in [-0.2, -0.15) is 0 Å². The molecule has 0 bridgehead atoms. The monoisotopic (exact) mass is 312 g/mol. The second-order valence-electron chi connectivity index (χ2n) is 7.35. The van der Waals surface area contributed by atoms with Crippen LogP contribution in [0.3, 0.4) is 0 Å². The summed E-state index contributed by atoms with van der Waals surface area (Å²) >= 11 is 0. The molecule has 1 N–H and O–H groups in total. The molecule has 0 aromatic heterocycles. The van der Waals surface area contributed by atoms with E-state index >= 15 is 0 Å². The number of hydrogen-bond acceptors (Lipinski definition) is 3. The summed E-state index contributed by atoms with van der Waals surface area (Å²) in [6.07, 6.45) is 1.63. The molecule has 0 spiro atoms. The molecule has 2 aliphatic rings. The Morgan fingerprint density at radius 2 is 1.68 bits per heavy atom. The standard InChI is InChI=1S/C16H29N3O3/c1-13(2)17-6-8-18(9-7-17)16(22)14-4-10-19(3,11-5-14)12-15(20)21/h13-14H,4-12H2,1-3H3/p+1. The van der Waals surface area contributed by atoms with Gasteiger partial charge in [0.05, 0.1) is 20.1 Å². The van der Waals surface area contributed by atoms with Crippen molar-refractivity contribution in [3.63, 3.8) is 0 Å². The number of rotatable bonds is 4. The van der Waals surface area contributed by atoms with Crippen molar-refractivity contribution in [2.75, 3.05) is 52.9 Å². The normalized spacial score (nSPS) is 30.5. The maximum absolute atomic E-state index is 12.6. The number of likely N-dealkylation sites (N-methyl/N-ethyl adjacent to an activating group) is 1. The van der Waals surface area contributed by atoms with Crippen LogP contribution in [0.4, 0.5) is 0 Å². The number of piperazine rings is 1. The highest BCUT2D eigenvalue weighted by molar-refractivity contribution is 5.79. The molecule has 2 fully saturated rings. The van der Waals surface area contributed by atoms with Gasteiger partial charge in [-0.25, -0.2) is 4.79 Å². The predicted molar refractivity (Wildman–Crippen MR) is 84.4 cm³/mol. The van der Waals surface area contributed by atoms with Crippen LogP contribution in [0.5, 0.6) is 0 Å². The highest BCUT2D eigenvalue weighted by atomic mass is 16.4. The topological polar surface area (TPSA) is 60.9 Å². The first-order chi connectivity index (χ1) is 10.3. The van der Waals surface area contributed by atoms with Gasteiger partial charge in [0, 0.05) is 51.0 Å². The van der Waals surface area contributed by atoms with Crippen molar-refractivity contribution < 1.29 is 19.2 Å². The Labute approximate surface area is 133 Å². The lowest BCUT2D eigenvalue weighted by Gasteiger charge is -2.42. The molecule has 2 heterocycles. The molecular weight excluding hydrogens is 282 g/mol. The highest BCUT2D eigenvalue weighted by Crippen LogP contribution is 2.24. The predicted octanol–water partition coefficient (Wildman–Crippen LogP) is 0.480. The summed E-state index contributed by atoms with van der Waals surface area (Å²) in [5, 5.41) is 8.98. The first kappa shape index (κ1) is 17.2. The second kappa shape index (κ2) is 6.96. The van der Waals surface area contributed by atoms with E-state index in [0.29, 0.717) is 10.5 Å². The van der Waals surface area contributed by atoms with Crippen molar-refractivity contribution in [3.8, 4) is 0 Å². The van der Waals surface area contributed by atoms with Gasteiger partial charge in [-0.05, 0) is 13.8 Å². The number of nitrogens with zero attached hydrogens (tertiary/aromatic N) is 3. The van der Waals surface area contributed by atoms with Gasteiger partial charge >= 0.3 is 5.97 Å². The van der Waals surface area contributed by atoms with E-state index in [0.717, 1.165) is 52.1 Å². The number of amides is 1. The van der Waals surface area contributed by atoms with Crippen molar-refractivity contribution >= 4 is 11.9 Å². The van der Waals surface area contributed by atoms with Gasteiger partial charge in [-0.1, -0.05) is 0 Å². The molecule has 0 unspecified atom stereocenters. The van der Waals surface area contributed by atoms with Gasteiger partial charge in [-0.3, -0.25) is 9.69 Å². The summed E-state index contributed by atoms with van der Waals surface area (Å²) in [5.74, 6) is -0.382. The molecule has 0 radical (unpaired) electrons. The average molecular weight is 312 g/mol. The minimum absolute atomic E-state index is 0.0885. The Bertz CT molecular complexity index is 409. The number of carboxylic acids is 1. The lowest BCUT2D eigenvalue weighted by molar-refractivity contribution is -0.907. The molecule has 0 saturated carbocycles. The van der Waals surface area contributed by atoms with Crippen LogP contribution in [0.25, 0.3) is 0 Å². The van der Waals surface area contributed by atoms with E-state index in [4.69, 9.17) is 5.11 Å². The number of hydrogen-bond donors (Lipinski definition) is 1. The smallest absolute Gasteiger partial charge is 0.359 e. The Kier molecular flexibility index (Phi) is 5.45. The molecule has 2 saturated heterocycles. The number of carboxylic acid groups (broad SMARTS) is 1. The molecule has 6 nitrogen and oxygen atoms in total. The van der Waals surface area contributed by atoms with Gasteiger partial charge in [0.2, 0.25) is 5.91 Å². The summed E-state index contributed by atoms with van der Waals surface area (Å²) in [6, 6.07) is 0.543. The van der Waals surface area contributed by atoms with Crippen molar-refractivity contribution in [3.05, 3.63) is 0 Å². The van der Waals surface area contributed by atoms with E-state index in [-0.39, 0.29) is 18.4 Å². The average Bonchev–Trinajstić information content (AvgIpc) is 2.46. The Morgan fingerprint density at radius 3 is 2.14 bits per heavy atom.